The second kappa shape index (κ2) is 8.91. The third-order valence-corrected chi connectivity index (χ3v) is 2.82. The van der Waals surface area contributed by atoms with Crippen molar-refractivity contribution in [2.24, 2.45) is 17.6 Å². The van der Waals surface area contributed by atoms with Gasteiger partial charge in [0, 0.05) is 12.6 Å². The van der Waals surface area contributed by atoms with E-state index in [-0.39, 0.29) is 24.3 Å². The Labute approximate surface area is 109 Å². The molecule has 2 atom stereocenters. The molecule has 1 amide bonds. The van der Waals surface area contributed by atoms with E-state index in [1.807, 2.05) is 20.8 Å². The Kier molecular flexibility index (Phi) is 8.37. The number of aliphatic carboxylic acids is 1. The van der Waals surface area contributed by atoms with Crippen LogP contribution in [-0.4, -0.2) is 29.6 Å². The molecule has 0 aliphatic carbocycles. The molecule has 5 nitrogen and oxygen atoms in total. The van der Waals surface area contributed by atoms with Gasteiger partial charge in [-0.05, 0) is 18.8 Å². The summed E-state index contributed by atoms with van der Waals surface area (Å²) in [5.74, 6) is -0.834. The third-order valence-electron chi connectivity index (χ3n) is 2.82. The Morgan fingerprint density at radius 1 is 1.33 bits per heavy atom. The van der Waals surface area contributed by atoms with Gasteiger partial charge in [0.25, 0.3) is 0 Å². The van der Waals surface area contributed by atoms with Gasteiger partial charge < -0.3 is 16.2 Å². The standard InChI is InChI=1S/C13H26N2O3/c1-4-5-11(7-12(16)17)15-13(18)10(8-14)6-9(2)3/h9-11H,4-8,14H2,1-3H3,(H,15,18)(H,16,17). The van der Waals surface area contributed by atoms with Crippen molar-refractivity contribution in [3.05, 3.63) is 0 Å². The fourth-order valence-corrected chi connectivity index (χ4v) is 1.98. The van der Waals surface area contributed by atoms with E-state index in [2.05, 4.69) is 5.32 Å². The molecule has 0 aliphatic rings. The predicted octanol–water partition coefficient (Wildman–Crippen LogP) is 1.37. The Balaban J connectivity index is 4.40. The minimum Gasteiger partial charge on any atom is -0.481 e. The molecule has 0 aromatic rings. The SMILES string of the molecule is CCCC(CC(=O)O)NC(=O)C(CN)CC(C)C. The molecule has 0 saturated heterocycles. The van der Waals surface area contributed by atoms with E-state index in [0.29, 0.717) is 18.9 Å². The highest BCUT2D eigenvalue weighted by Crippen LogP contribution is 2.12. The van der Waals surface area contributed by atoms with Crippen molar-refractivity contribution < 1.29 is 14.7 Å². The van der Waals surface area contributed by atoms with Gasteiger partial charge in [0.15, 0.2) is 0 Å². The lowest BCUT2D eigenvalue weighted by molar-refractivity contribution is -0.137. The van der Waals surface area contributed by atoms with Gasteiger partial charge in [0.05, 0.1) is 12.3 Å². The summed E-state index contributed by atoms with van der Waals surface area (Å²) in [6.45, 7) is 6.35. The Bertz CT molecular complexity index is 267. The molecule has 4 N–H and O–H groups in total. The zero-order chi connectivity index (χ0) is 14.1. The monoisotopic (exact) mass is 258 g/mol. The van der Waals surface area contributed by atoms with Gasteiger partial charge >= 0.3 is 5.97 Å². The quantitative estimate of drug-likeness (QED) is 0.582. The fraction of sp³-hybridized carbons (Fsp3) is 0.846. The normalized spacial score (nSPS) is 14.3. The van der Waals surface area contributed by atoms with Gasteiger partial charge in [-0.25, -0.2) is 0 Å². The molecule has 0 aromatic heterocycles. The van der Waals surface area contributed by atoms with E-state index in [4.69, 9.17) is 10.8 Å². The molecule has 0 aliphatic heterocycles. The maximum absolute atomic E-state index is 12.0. The molecule has 5 heteroatoms. The van der Waals surface area contributed by atoms with E-state index < -0.39 is 5.97 Å². The smallest absolute Gasteiger partial charge is 0.305 e. The number of nitrogens with two attached hydrogens (primary N) is 1. The highest BCUT2D eigenvalue weighted by Gasteiger charge is 2.22. The molecule has 0 saturated carbocycles. The van der Waals surface area contributed by atoms with E-state index in [9.17, 15) is 9.59 Å². The third kappa shape index (κ3) is 7.27. The average molecular weight is 258 g/mol. The number of carbonyl (C=O) groups excluding carboxylic acids is 1. The highest BCUT2D eigenvalue weighted by molar-refractivity contribution is 5.80. The average Bonchev–Trinajstić information content (AvgIpc) is 2.24. The molecule has 106 valence electrons. The molecular formula is C13H26N2O3. The van der Waals surface area contributed by atoms with E-state index in [1.165, 1.54) is 0 Å². The lowest BCUT2D eigenvalue weighted by atomic mass is 9.95. The van der Waals surface area contributed by atoms with Crippen molar-refractivity contribution in [1.82, 2.24) is 5.32 Å². The number of carboxylic acid groups (broad SMARTS) is 1. The second-order valence-corrected chi connectivity index (χ2v) is 5.15. The van der Waals surface area contributed by atoms with Gasteiger partial charge in [-0.1, -0.05) is 27.2 Å². The van der Waals surface area contributed by atoms with Gasteiger partial charge in [-0.3, -0.25) is 9.59 Å². The van der Waals surface area contributed by atoms with Gasteiger partial charge in [-0.2, -0.15) is 0 Å². The number of hydrogen-bond donors (Lipinski definition) is 3. The van der Waals surface area contributed by atoms with Gasteiger partial charge in [0.1, 0.15) is 0 Å². The molecule has 0 heterocycles. The number of carbonyl (C=O) groups is 2. The molecule has 2 unspecified atom stereocenters. The van der Waals surface area contributed by atoms with Crippen molar-refractivity contribution in [2.45, 2.75) is 52.5 Å². The summed E-state index contributed by atoms with van der Waals surface area (Å²) in [5.41, 5.74) is 5.60. The largest absolute Gasteiger partial charge is 0.481 e. The first-order valence-corrected chi connectivity index (χ1v) is 6.62. The van der Waals surface area contributed by atoms with E-state index in [1.54, 1.807) is 0 Å². The lowest BCUT2D eigenvalue weighted by Crippen LogP contribution is -2.42. The van der Waals surface area contributed by atoms with E-state index >= 15 is 0 Å². The summed E-state index contributed by atoms with van der Waals surface area (Å²) in [6.07, 6.45) is 2.22. The predicted molar refractivity (Wildman–Crippen MR) is 71.1 cm³/mol. The summed E-state index contributed by atoms with van der Waals surface area (Å²) in [6, 6.07) is -0.291. The van der Waals surface area contributed by atoms with Crippen LogP contribution in [-0.2, 0) is 9.59 Å². The van der Waals surface area contributed by atoms with Crippen LogP contribution in [0.2, 0.25) is 0 Å². The van der Waals surface area contributed by atoms with Crippen LogP contribution in [0.15, 0.2) is 0 Å². The summed E-state index contributed by atoms with van der Waals surface area (Å²) < 4.78 is 0. The van der Waals surface area contributed by atoms with E-state index in [0.717, 1.165) is 12.8 Å². The molecule has 18 heavy (non-hydrogen) atoms. The van der Waals surface area contributed by atoms with Gasteiger partial charge in [0.2, 0.25) is 5.91 Å². The summed E-state index contributed by atoms with van der Waals surface area (Å²) in [5, 5.41) is 11.6. The molecule has 0 aromatic carbocycles. The zero-order valence-electron chi connectivity index (χ0n) is 11.6. The first-order chi connectivity index (χ1) is 8.40. The molecule has 0 fully saturated rings. The Morgan fingerprint density at radius 2 is 1.94 bits per heavy atom. The molecule has 0 spiro atoms. The number of amides is 1. The molecule has 0 rings (SSSR count). The van der Waals surface area contributed by atoms with Crippen molar-refractivity contribution >= 4 is 11.9 Å². The first kappa shape index (κ1) is 16.9. The van der Waals surface area contributed by atoms with Crippen LogP contribution in [0.1, 0.15) is 46.5 Å². The molecular weight excluding hydrogens is 232 g/mol. The van der Waals surface area contributed by atoms with Crippen LogP contribution >= 0.6 is 0 Å². The topological polar surface area (TPSA) is 92.4 Å². The molecule has 0 radical (unpaired) electrons. The van der Waals surface area contributed by atoms with Crippen LogP contribution in [0.4, 0.5) is 0 Å². The Morgan fingerprint density at radius 3 is 2.33 bits per heavy atom. The number of nitrogens with one attached hydrogen (secondary N) is 1. The van der Waals surface area contributed by atoms with Crippen LogP contribution in [0, 0.1) is 11.8 Å². The minimum atomic E-state index is -0.887. The molecule has 0 bridgehead atoms. The summed E-state index contributed by atoms with van der Waals surface area (Å²) in [4.78, 5) is 22.7. The van der Waals surface area contributed by atoms with Crippen LogP contribution in [0.5, 0.6) is 0 Å². The summed E-state index contributed by atoms with van der Waals surface area (Å²) >= 11 is 0. The summed E-state index contributed by atoms with van der Waals surface area (Å²) in [7, 11) is 0. The van der Waals surface area contributed by atoms with Crippen molar-refractivity contribution in [1.29, 1.82) is 0 Å². The highest BCUT2D eigenvalue weighted by atomic mass is 16.4. The van der Waals surface area contributed by atoms with Crippen LogP contribution < -0.4 is 11.1 Å². The van der Waals surface area contributed by atoms with Gasteiger partial charge in [-0.15, -0.1) is 0 Å². The Hall–Kier alpha value is -1.10. The number of hydrogen-bond acceptors (Lipinski definition) is 3. The van der Waals surface area contributed by atoms with Crippen molar-refractivity contribution in [3.63, 3.8) is 0 Å². The maximum atomic E-state index is 12.0. The zero-order valence-corrected chi connectivity index (χ0v) is 11.6. The number of rotatable bonds is 9. The van der Waals surface area contributed by atoms with Crippen molar-refractivity contribution in [2.75, 3.05) is 6.54 Å². The maximum Gasteiger partial charge on any atom is 0.305 e. The van der Waals surface area contributed by atoms with Crippen LogP contribution in [0.25, 0.3) is 0 Å². The van der Waals surface area contributed by atoms with Crippen LogP contribution in [0.3, 0.4) is 0 Å². The second-order valence-electron chi connectivity index (χ2n) is 5.15. The van der Waals surface area contributed by atoms with Crippen molar-refractivity contribution in [3.8, 4) is 0 Å². The lowest BCUT2D eigenvalue weighted by Gasteiger charge is -2.21. The number of carboxylic acids is 1. The minimum absolute atomic E-state index is 0.0292. The fourth-order valence-electron chi connectivity index (χ4n) is 1.98. The first-order valence-electron chi connectivity index (χ1n) is 6.62.